The molecule has 2 atom stereocenters. The van der Waals surface area contributed by atoms with Crippen molar-refractivity contribution in [3.8, 4) is 6.07 Å². The summed E-state index contributed by atoms with van der Waals surface area (Å²) in [6, 6.07) is 13.3. The Hall–Kier alpha value is -2.54. The summed E-state index contributed by atoms with van der Waals surface area (Å²) >= 11 is 0. The number of rotatable bonds is 5. The topological polar surface area (TPSA) is 63.2 Å². The normalized spacial score (nSPS) is 13.2. The molecule has 0 saturated heterocycles. The van der Waals surface area contributed by atoms with Gasteiger partial charge in [0.25, 0.3) is 0 Å². The molecule has 0 N–H and O–H groups in total. The maximum Gasteiger partial charge on any atom is 0.324 e. The van der Waals surface area contributed by atoms with E-state index >= 15 is 0 Å². The first-order chi connectivity index (χ1) is 10.2. The maximum absolute atomic E-state index is 12.1. The van der Waals surface area contributed by atoms with Gasteiger partial charge >= 0.3 is 5.97 Å². The molecule has 0 fully saturated rings. The van der Waals surface area contributed by atoms with Crippen molar-refractivity contribution in [2.75, 3.05) is 6.61 Å². The molecule has 0 aliphatic rings. The van der Waals surface area contributed by atoms with Crippen molar-refractivity contribution in [1.29, 1.82) is 5.26 Å². The van der Waals surface area contributed by atoms with E-state index in [1.165, 1.54) is 6.26 Å². The molecule has 0 amide bonds. The van der Waals surface area contributed by atoms with E-state index in [0.717, 1.165) is 11.1 Å². The number of nitrogens with zero attached hydrogens (tertiary/aromatic N) is 1. The number of furan rings is 1. The number of carbonyl (C=O) groups excluding carboxylic acids is 1. The quantitative estimate of drug-likeness (QED) is 0.789. The smallest absolute Gasteiger partial charge is 0.324 e. The summed E-state index contributed by atoms with van der Waals surface area (Å²) in [5, 5.41) is 9.42. The van der Waals surface area contributed by atoms with Crippen LogP contribution in [0.3, 0.4) is 0 Å². The Bertz CT molecular complexity index is 623. The second kappa shape index (κ2) is 6.76. The average Bonchev–Trinajstić information content (AvgIpc) is 3.00. The van der Waals surface area contributed by atoms with Gasteiger partial charge in [-0.3, -0.25) is 4.79 Å². The Morgan fingerprint density at radius 3 is 2.57 bits per heavy atom. The van der Waals surface area contributed by atoms with E-state index < -0.39 is 17.8 Å². The van der Waals surface area contributed by atoms with E-state index in [4.69, 9.17) is 9.15 Å². The van der Waals surface area contributed by atoms with E-state index in [2.05, 4.69) is 6.07 Å². The van der Waals surface area contributed by atoms with Crippen LogP contribution in [-0.4, -0.2) is 12.6 Å². The van der Waals surface area contributed by atoms with Gasteiger partial charge in [0, 0.05) is 0 Å². The minimum atomic E-state index is -0.932. The monoisotopic (exact) mass is 283 g/mol. The van der Waals surface area contributed by atoms with Gasteiger partial charge in [0.1, 0.15) is 5.76 Å². The van der Waals surface area contributed by atoms with E-state index in [1.807, 2.05) is 31.2 Å². The SMILES string of the molecule is CCOC(=O)[C@H](C#N)[C@@H](c1ccc(C)cc1)c1ccco1. The third kappa shape index (κ3) is 3.32. The van der Waals surface area contributed by atoms with E-state index in [1.54, 1.807) is 19.1 Å². The van der Waals surface area contributed by atoms with Gasteiger partial charge < -0.3 is 9.15 Å². The Balaban J connectivity index is 2.43. The van der Waals surface area contributed by atoms with E-state index in [-0.39, 0.29) is 6.61 Å². The van der Waals surface area contributed by atoms with E-state index in [0.29, 0.717) is 5.76 Å². The van der Waals surface area contributed by atoms with Crippen molar-refractivity contribution in [2.24, 2.45) is 5.92 Å². The Morgan fingerprint density at radius 1 is 1.33 bits per heavy atom. The number of hydrogen-bond acceptors (Lipinski definition) is 4. The summed E-state index contributed by atoms with van der Waals surface area (Å²) in [4.78, 5) is 12.1. The molecule has 1 heterocycles. The Morgan fingerprint density at radius 2 is 2.05 bits per heavy atom. The summed E-state index contributed by atoms with van der Waals surface area (Å²) in [5.41, 5.74) is 1.97. The van der Waals surface area contributed by atoms with Gasteiger partial charge in [0.05, 0.1) is 24.9 Å². The highest BCUT2D eigenvalue weighted by Gasteiger charge is 2.34. The molecule has 4 nitrogen and oxygen atoms in total. The van der Waals surface area contributed by atoms with Crippen LogP contribution in [0.4, 0.5) is 0 Å². The van der Waals surface area contributed by atoms with Gasteiger partial charge in [-0.25, -0.2) is 0 Å². The molecule has 108 valence electrons. The molecule has 1 aromatic heterocycles. The lowest BCUT2D eigenvalue weighted by Crippen LogP contribution is -2.24. The molecule has 21 heavy (non-hydrogen) atoms. The van der Waals surface area contributed by atoms with Crippen LogP contribution in [0.25, 0.3) is 0 Å². The molecular formula is C17H17NO3. The predicted molar refractivity (Wildman–Crippen MR) is 77.5 cm³/mol. The van der Waals surface area contributed by atoms with Gasteiger partial charge in [-0.05, 0) is 31.5 Å². The van der Waals surface area contributed by atoms with Crippen molar-refractivity contribution >= 4 is 5.97 Å². The van der Waals surface area contributed by atoms with Crippen LogP contribution < -0.4 is 0 Å². The summed E-state index contributed by atoms with van der Waals surface area (Å²) in [7, 11) is 0. The van der Waals surface area contributed by atoms with Crippen LogP contribution in [0.5, 0.6) is 0 Å². The van der Waals surface area contributed by atoms with Crippen LogP contribution in [0.2, 0.25) is 0 Å². The predicted octanol–water partition coefficient (Wildman–Crippen LogP) is 3.42. The highest BCUT2D eigenvalue weighted by molar-refractivity contribution is 5.77. The lowest BCUT2D eigenvalue weighted by atomic mass is 9.84. The molecule has 0 saturated carbocycles. The first-order valence-corrected chi connectivity index (χ1v) is 6.83. The zero-order valence-corrected chi connectivity index (χ0v) is 12.1. The Labute approximate surface area is 124 Å². The number of hydrogen-bond donors (Lipinski definition) is 0. The van der Waals surface area contributed by atoms with Crippen molar-refractivity contribution in [1.82, 2.24) is 0 Å². The van der Waals surface area contributed by atoms with Crippen LogP contribution in [-0.2, 0) is 9.53 Å². The zero-order valence-electron chi connectivity index (χ0n) is 12.1. The molecule has 2 rings (SSSR count). The molecule has 0 aliphatic carbocycles. The first-order valence-electron chi connectivity index (χ1n) is 6.83. The van der Waals surface area contributed by atoms with Crippen molar-refractivity contribution < 1.29 is 13.9 Å². The fourth-order valence-electron chi connectivity index (χ4n) is 2.26. The molecular weight excluding hydrogens is 266 g/mol. The molecule has 0 unspecified atom stereocenters. The largest absolute Gasteiger partial charge is 0.469 e. The van der Waals surface area contributed by atoms with Crippen molar-refractivity contribution in [3.05, 3.63) is 59.5 Å². The number of benzene rings is 1. The Kier molecular flexibility index (Phi) is 4.78. The molecule has 0 bridgehead atoms. The van der Waals surface area contributed by atoms with Crippen LogP contribution in [0, 0.1) is 24.2 Å². The summed E-state index contributed by atoms with van der Waals surface area (Å²) in [6.45, 7) is 3.95. The fourth-order valence-corrected chi connectivity index (χ4v) is 2.26. The minimum absolute atomic E-state index is 0.246. The lowest BCUT2D eigenvalue weighted by molar-refractivity contribution is -0.146. The molecule has 2 aromatic rings. The number of ether oxygens (including phenoxy) is 1. The standard InChI is InChI=1S/C17H17NO3/c1-3-20-17(19)14(11-18)16(15-5-4-10-21-15)13-8-6-12(2)7-9-13/h4-10,14,16H,3H2,1-2H3/t14-,16-/m1/s1. The number of carbonyl (C=O) groups is 1. The molecule has 0 radical (unpaired) electrons. The number of esters is 1. The molecule has 1 aromatic carbocycles. The third-order valence-corrected chi connectivity index (χ3v) is 3.30. The van der Waals surface area contributed by atoms with E-state index in [9.17, 15) is 10.1 Å². The molecule has 0 aliphatic heterocycles. The fraction of sp³-hybridized carbons (Fsp3) is 0.294. The maximum atomic E-state index is 12.1. The van der Waals surface area contributed by atoms with Crippen molar-refractivity contribution in [2.45, 2.75) is 19.8 Å². The molecule has 0 spiro atoms. The van der Waals surface area contributed by atoms with Gasteiger partial charge in [-0.15, -0.1) is 0 Å². The van der Waals surface area contributed by atoms with Gasteiger partial charge in [0.2, 0.25) is 0 Å². The lowest BCUT2D eigenvalue weighted by Gasteiger charge is -2.19. The zero-order chi connectivity index (χ0) is 15.2. The highest BCUT2D eigenvalue weighted by atomic mass is 16.5. The van der Waals surface area contributed by atoms with Crippen LogP contribution in [0.15, 0.2) is 47.1 Å². The van der Waals surface area contributed by atoms with Crippen molar-refractivity contribution in [3.63, 3.8) is 0 Å². The minimum Gasteiger partial charge on any atom is -0.469 e. The highest BCUT2D eigenvalue weighted by Crippen LogP contribution is 2.33. The second-order valence-corrected chi connectivity index (χ2v) is 4.76. The summed E-state index contributed by atoms with van der Waals surface area (Å²) in [5.74, 6) is -1.34. The summed E-state index contributed by atoms with van der Waals surface area (Å²) in [6.07, 6.45) is 1.54. The second-order valence-electron chi connectivity index (χ2n) is 4.76. The van der Waals surface area contributed by atoms with Gasteiger partial charge in [0.15, 0.2) is 5.92 Å². The van der Waals surface area contributed by atoms with Gasteiger partial charge in [-0.2, -0.15) is 5.26 Å². The average molecular weight is 283 g/mol. The van der Waals surface area contributed by atoms with Crippen LogP contribution in [0.1, 0.15) is 29.7 Å². The first kappa shape index (κ1) is 14.9. The van der Waals surface area contributed by atoms with Gasteiger partial charge in [-0.1, -0.05) is 29.8 Å². The number of aryl methyl sites for hydroxylation is 1. The molecule has 4 heteroatoms. The number of nitriles is 1. The third-order valence-electron chi connectivity index (χ3n) is 3.30. The summed E-state index contributed by atoms with van der Waals surface area (Å²) < 4.78 is 10.4. The van der Waals surface area contributed by atoms with Crippen LogP contribution >= 0.6 is 0 Å².